The molecular weight excluding hydrogens is 400 g/mol. The van der Waals surface area contributed by atoms with Crippen molar-refractivity contribution in [3.63, 3.8) is 0 Å². The molecule has 2 aromatic heterocycles. The number of H-pyrrole nitrogens is 1. The zero-order valence-corrected chi connectivity index (χ0v) is 17.8. The first-order chi connectivity index (χ1) is 14.4. The lowest BCUT2D eigenvalue weighted by Crippen LogP contribution is -2.36. The molecule has 0 aliphatic carbocycles. The second kappa shape index (κ2) is 7.28. The fraction of sp³-hybridized carbons (Fsp3) is 0.409. The van der Waals surface area contributed by atoms with Gasteiger partial charge in [-0.25, -0.2) is 0 Å². The van der Waals surface area contributed by atoms with Gasteiger partial charge in [-0.3, -0.25) is 24.4 Å². The molecule has 0 bridgehead atoms. The Kier molecular flexibility index (Phi) is 4.71. The van der Waals surface area contributed by atoms with Crippen molar-refractivity contribution in [1.82, 2.24) is 14.8 Å². The van der Waals surface area contributed by atoms with Crippen LogP contribution in [0.4, 0.5) is 5.82 Å². The third kappa shape index (κ3) is 3.33. The average molecular weight is 425 g/mol. The first kappa shape index (κ1) is 19.4. The van der Waals surface area contributed by atoms with Crippen LogP contribution in [0.5, 0.6) is 0 Å². The largest absolute Gasteiger partial charge is 0.375 e. The van der Waals surface area contributed by atoms with E-state index in [1.807, 2.05) is 35.0 Å². The Bertz CT molecular complexity index is 1180. The van der Waals surface area contributed by atoms with Crippen LogP contribution in [0.25, 0.3) is 10.9 Å². The van der Waals surface area contributed by atoms with E-state index >= 15 is 0 Å². The Morgan fingerprint density at radius 2 is 2.07 bits per heavy atom. The summed E-state index contributed by atoms with van der Waals surface area (Å²) in [7, 11) is 0. The van der Waals surface area contributed by atoms with Crippen molar-refractivity contribution >= 4 is 34.4 Å². The highest BCUT2D eigenvalue weighted by Gasteiger charge is 2.36. The van der Waals surface area contributed by atoms with Gasteiger partial charge in [0.2, 0.25) is 5.91 Å². The van der Waals surface area contributed by atoms with Crippen molar-refractivity contribution in [2.24, 2.45) is 0 Å². The van der Waals surface area contributed by atoms with Crippen molar-refractivity contribution < 1.29 is 9.53 Å². The van der Waals surface area contributed by atoms with Gasteiger partial charge in [0.1, 0.15) is 5.82 Å². The molecule has 4 heterocycles. The van der Waals surface area contributed by atoms with Gasteiger partial charge in [-0.2, -0.15) is 0 Å². The summed E-state index contributed by atoms with van der Waals surface area (Å²) in [6.07, 6.45) is 3.30. The van der Waals surface area contributed by atoms with Crippen molar-refractivity contribution in [3.8, 4) is 0 Å². The highest BCUT2D eigenvalue weighted by Crippen LogP contribution is 2.43. The first-order valence-electron chi connectivity index (χ1n) is 10.2. The molecule has 0 saturated carbocycles. The van der Waals surface area contributed by atoms with Crippen molar-refractivity contribution in [3.05, 3.63) is 58.0 Å². The smallest absolute Gasteiger partial charge is 0.270 e. The number of nitrogens with one attached hydrogen (secondary N) is 2. The molecule has 0 radical (unpaired) electrons. The Morgan fingerprint density at radius 1 is 1.23 bits per heavy atom. The van der Waals surface area contributed by atoms with E-state index in [0.29, 0.717) is 18.0 Å². The van der Waals surface area contributed by atoms with Crippen LogP contribution in [0.15, 0.2) is 41.3 Å². The molecule has 1 aromatic carbocycles. The normalized spacial score (nSPS) is 23.6. The number of thioether (sulfide) groups is 1. The molecule has 7 nitrogen and oxygen atoms in total. The highest BCUT2D eigenvalue weighted by atomic mass is 32.2. The van der Waals surface area contributed by atoms with Gasteiger partial charge in [0.05, 0.1) is 33.7 Å². The first-order valence-corrected chi connectivity index (χ1v) is 11.2. The van der Waals surface area contributed by atoms with E-state index < -0.39 is 0 Å². The number of hydrogen-bond acceptors (Lipinski definition) is 5. The number of ether oxygens (including phenoxy) is 1. The fourth-order valence-electron chi connectivity index (χ4n) is 4.52. The summed E-state index contributed by atoms with van der Waals surface area (Å²) in [5, 5.41) is 6.75. The van der Waals surface area contributed by atoms with Crippen LogP contribution in [-0.4, -0.2) is 38.6 Å². The third-order valence-electron chi connectivity index (χ3n) is 5.85. The van der Waals surface area contributed by atoms with E-state index in [4.69, 9.17) is 4.74 Å². The molecule has 8 heteroatoms. The van der Waals surface area contributed by atoms with Crippen molar-refractivity contribution in [2.75, 3.05) is 17.7 Å². The molecule has 1 amide bonds. The number of pyridine rings is 1. The number of anilines is 1. The predicted octanol–water partition coefficient (Wildman–Crippen LogP) is 3.63. The molecular formula is C22H24N4O3S. The molecule has 5 rings (SSSR count). The number of amides is 1. The molecule has 3 aromatic rings. The Labute approximate surface area is 178 Å². The minimum atomic E-state index is -0.282. The summed E-state index contributed by atoms with van der Waals surface area (Å²) >= 11 is 1.47. The summed E-state index contributed by atoms with van der Waals surface area (Å²) in [6, 6.07) is 9.96. The lowest BCUT2D eigenvalue weighted by Gasteiger charge is -2.36. The topological polar surface area (TPSA) is 89.0 Å². The maximum absolute atomic E-state index is 13.2. The predicted molar refractivity (Wildman–Crippen MR) is 118 cm³/mol. The zero-order chi connectivity index (χ0) is 20.9. The number of nitrogens with zero attached hydrogens (tertiary/aromatic N) is 2. The van der Waals surface area contributed by atoms with Crippen LogP contribution in [0, 0.1) is 0 Å². The number of aromatic nitrogens is 3. The van der Waals surface area contributed by atoms with E-state index in [0.717, 1.165) is 29.3 Å². The number of aromatic amines is 1. The lowest BCUT2D eigenvalue weighted by molar-refractivity contribution is -0.113. The highest BCUT2D eigenvalue weighted by molar-refractivity contribution is 8.00. The summed E-state index contributed by atoms with van der Waals surface area (Å²) < 4.78 is 7.71. The second-order valence-electron chi connectivity index (χ2n) is 8.49. The lowest BCUT2D eigenvalue weighted by atomic mass is 9.94. The van der Waals surface area contributed by atoms with Crippen LogP contribution in [0.1, 0.15) is 49.1 Å². The van der Waals surface area contributed by atoms with Gasteiger partial charge in [0.25, 0.3) is 5.56 Å². The van der Waals surface area contributed by atoms with Gasteiger partial charge in [-0.05, 0) is 38.3 Å². The Morgan fingerprint density at radius 3 is 2.90 bits per heavy atom. The number of carbonyl (C=O) groups excluding carboxylic acids is 1. The number of hydrogen-bond donors (Lipinski definition) is 2. The third-order valence-corrected chi connectivity index (χ3v) is 7.10. The Balaban J connectivity index is 1.66. The SMILES string of the molecule is CC1(C)C[C@H](n2[nH]c(=O)c3c2NC(=O)CS[C@@H]3c2cccc3cccnc23)CCO1. The molecule has 0 unspecified atom stereocenters. The summed E-state index contributed by atoms with van der Waals surface area (Å²) in [5.74, 6) is 0.757. The summed E-state index contributed by atoms with van der Waals surface area (Å²) in [5.41, 5.74) is 1.96. The van der Waals surface area contributed by atoms with Crippen LogP contribution in [-0.2, 0) is 9.53 Å². The molecule has 0 spiro atoms. The van der Waals surface area contributed by atoms with Gasteiger partial charge < -0.3 is 10.1 Å². The minimum absolute atomic E-state index is 0.0555. The summed E-state index contributed by atoms with van der Waals surface area (Å²) in [4.78, 5) is 30.3. The molecule has 2 atom stereocenters. The molecule has 30 heavy (non-hydrogen) atoms. The number of fused-ring (bicyclic) bond motifs is 2. The number of carbonyl (C=O) groups is 1. The molecule has 156 valence electrons. The molecule has 2 aliphatic rings. The Hall–Kier alpha value is -2.58. The minimum Gasteiger partial charge on any atom is -0.375 e. The second-order valence-corrected chi connectivity index (χ2v) is 9.58. The van der Waals surface area contributed by atoms with E-state index in [9.17, 15) is 9.59 Å². The van der Waals surface area contributed by atoms with E-state index in [-0.39, 0.29) is 34.1 Å². The number of para-hydroxylation sites is 1. The van der Waals surface area contributed by atoms with Gasteiger partial charge in [-0.15, -0.1) is 11.8 Å². The van der Waals surface area contributed by atoms with Gasteiger partial charge in [0.15, 0.2) is 0 Å². The van der Waals surface area contributed by atoms with Crippen LogP contribution in [0.2, 0.25) is 0 Å². The average Bonchev–Trinajstić information content (AvgIpc) is 2.93. The fourth-order valence-corrected chi connectivity index (χ4v) is 5.67. The van der Waals surface area contributed by atoms with Crippen LogP contribution >= 0.6 is 11.8 Å². The maximum Gasteiger partial charge on any atom is 0.270 e. The van der Waals surface area contributed by atoms with Crippen LogP contribution < -0.4 is 10.9 Å². The van der Waals surface area contributed by atoms with Crippen molar-refractivity contribution in [2.45, 2.75) is 43.6 Å². The number of benzene rings is 1. The van der Waals surface area contributed by atoms with Crippen LogP contribution in [0.3, 0.4) is 0 Å². The van der Waals surface area contributed by atoms with E-state index in [1.54, 1.807) is 6.20 Å². The maximum atomic E-state index is 13.2. The molecule has 2 aliphatic heterocycles. The van der Waals surface area contributed by atoms with E-state index in [1.165, 1.54) is 11.8 Å². The van der Waals surface area contributed by atoms with Crippen molar-refractivity contribution in [1.29, 1.82) is 0 Å². The zero-order valence-electron chi connectivity index (χ0n) is 17.0. The summed E-state index contributed by atoms with van der Waals surface area (Å²) in [6.45, 7) is 4.73. The van der Waals surface area contributed by atoms with Gasteiger partial charge in [-0.1, -0.05) is 24.3 Å². The quantitative estimate of drug-likeness (QED) is 0.656. The molecule has 1 saturated heterocycles. The van der Waals surface area contributed by atoms with E-state index in [2.05, 4.69) is 29.2 Å². The molecule has 2 N–H and O–H groups in total. The standard InChI is InChI=1S/C22H24N4O3S/c1-22(2)11-14(8-10-29-22)26-20-17(21(28)25-26)19(30-12-16(27)24-20)15-7-3-5-13-6-4-9-23-18(13)15/h3-7,9,14,19H,8,10-12H2,1-2H3,(H,24,27)(H,25,28)/t14-,19-/m1/s1. The number of rotatable bonds is 2. The van der Waals surface area contributed by atoms with Gasteiger partial charge >= 0.3 is 0 Å². The molecule has 1 fully saturated rings. The van der Waals surface area contributed by atoms with Gasteiger partial charge in [0, 0.05) is 18.2 Å². The monoisotopic (exact) mass is 424 g/mol.